The molecule has 1 unspecified atom stereocenters. The van der Waals surface area contributed by atoms with Gasteiger partial charge >= 0.3 is 5.69 Å². The summed E-state index contributed by atoms with van der Waals surface area (Å²) in [6.45, 7) is 1.58. The maximum atomic E-state index is 11.7. The minimum Gasteiger partial charge on any atom is -0.484 e. The molecule has 3 radical (unpaired) electrons. The smallest absolute Gasteiger partial charge is 0.330 e. The Morgan fingerprint density at radius 2 is 2.20 bits per heavy atom. The van der Waals surface area contributed by atoms with Crippen LogP contribution >= 0.6 is 7.25 Å². The molecule has 0 aliphatic carbocycles. The molecule has 1 aliphatic heterocycles. The van der Waals surface area contributed by atoms with E-state index in [1.165, 1.54) is 10.8 Å². The van der Waals surface area contributed by atoms with Gasteiger partial charge in [0.25, 0.3) is 5.56 Å². The van der Waals surface area contributed by atoms with Gasteiger partial charge in [-0.15, -0.1) is 0 Å². The van der Waals surface area contributed by atoms with Crippen LogP contribution in [0.4, 0.5) is 0 Å². The summed E-state index contributed by atoms with van der Waals surface area (Å²) in [6.07, 6.45) is 3.97. The lowest BCUT2D eigenvalue weighted by Crippen LogP contribution is -2.33. The number of hydrogen-bond donors (Lipinski definition) is 2. The van der Waals surface area contributed by atoms with Crippen molar-refractivity contribution < 1.29 is 14.2 Å². The maximum Gasteiger partial charge on any atom is 0.330 e. The van der Waals surface area contributed by atoms with Crippen LogP contribution in [0.1, 0.15) is 18.2 Å². The van der Waals surface area contributed by atoms with Gasteiger partial charge in [0.2, 0.25) is 0 Å². The van der Waals surface area contributed by atoms with Crippen molar-refractivity contribution in [3.8, 4) is 0 Å². The molecule has 0 aromatic carbocycles. The van der Waals surface area contributed by atoms with Crippen molar-refractivity contribution in [2.75, 3.05) is 6.16 Å². The molecule has 107 valence electrons. The van der Waals surface area contributed by atoms with Gasteiger partial charge in [-0.1, -0.05) is 13.3 Å². The van der Waals surface area contributed by atoms with E-state index in [2.05, 4.69) is 4.98 Å². The number of aromatic nitrogens is 2. The molecular weight excluding hydrogens is 282 g/mol. The van der Waals surface area contributed by atoms with E-state index in [1.807, 2.05) is 0 Å². The number of ether oxygens (including phenoxy) is 1. The Bertz CT molecular complexity index is 689. The highest BCUT2D eigenvalue weighted by molar-refractivity contribution is 7.82. The fourth-order valence-corrected chi connectivity index (χ4v) is 2.52. The van der Waals surface area contributed by atoms with Crippen LogP contribution in [0.15, 0.2) is 27.9 Å². The lowest BCUT2D eigenvalue weighted by Gasteiger charge is -2.21. The van der Waals surface area contributed by atoms with E-state index in [-0.39, 0.29) is 18.7 Å². The number of aryl methyl sites for hydroxylation is 1. The molecule has 0 fully saturated rings. The van der Waals surface area contributed by atoms with Crippen LogP contribution < -0.4 is 11.2 Å². The molecule has 2 rings (SSSR count). The van der Waals surface area contributed by atoms with E-state index in [0.717, 1.165) is 0 Å². The monoisotopic (exact) mass is 296 g/mol. The van der Waals surface area contributed by atoms with Crippen molar-refractivity contribution in [2.45, 2.75) is 25.7 Å². The van der Waals surface area contributed by atoms with Gasteiger partial charge in [0, 0.05) is 11.8 Å². The number of nitrogens with zero attached hydrogens (tertiary/aromatic N) is 1. The highest BCUT2D eigenvalue weighted by atomic mass is 31.2. The van der Waals surface area contributed by atoms with Crippen molar-refractivity contribution >= 4 is 14.8 Å². The van der Waals surface area contributed by atoms with Gasteiger partial charge in [0.05, 0.1) is 6.10 Å². The quantitative estimate of drug-likeness (QED) is 0.464. The van der Waals surface area contributed by atoms with Crippen LogP contribution in [0.3, 0.4) is 0 Å². The Labute approximate surface area is 116 Å². The third-order valence-electron chi connectivity index (χ3n) is 2.96. The average Bonchev–Trinajstić information content (AvgIpc) is 2.79. The Hall–Kier alpha value is -1.37. The SMILES string of the molecule is [B-]P(=O)(O)CC[C@@H]1C=C[C@H](n2cc(C)c(=O)[nH]c2=O)O1. The first-order valence-corrected chi connectivity index (χ1v) is 7.94. The Balaban J connectivity index is 2.09. The topological polar surface area (TPSA) is 101 Å². The van der Waals surface area contributed by atoms with Gasteiger partial charge in [-0.25, -0.2) is 4.79 Å². The summed E-state index contributed by atoms with van der Waals surface area (Å²) in [4.78, 5) is 34.2. The number of H-pyrrole nitrogens is 1. The standard InChI is InChI=1S/C11H14BN2O5P/c1-7-6-14(11(16)13-10(7)15)9-3-2-8(19-9)4-5-20(12,17)18/h2-3,6,8-9H,4-5H2,1H3,(H,17,18)(H,13,15,16)/q-1/t8-,9+/m0/s1. The Morgan fingerprint density at radius 1 is 1.50 bits per heavy atom. The summed E-state index contributed by atoms with van der Waals surface area (Å²) in [5.74, 6) is 0. The molecule has 2 heterocycles. The predicted molar refractivity (Wildman–Crippen MR) is 74.2 cm³/mol. The second-order valence-electron chi connectivity index (χ2n) is 4.70. The molecule has 9 heteroatoms. The van der Waals surface area contributed by atoms with Gasteiger partial charge in [-0.2, -0.15) is 0 Å². The largest absolute Gasteiger partial charge is 0.484 e. The number of aromatic amines is 1. The molecule has 2 N–H and O–H groups in total. The molecule has 0 saturated heterocycles. The molecule has 0 spiro atoms. The first-order valence-electron chi connectivity index (χ1n) is 6.02. The van der Waals surface area contributed by atoms with Gasteiger partial charge in [-0.05, 0) is 25.6 Å². The molecule has 0 saturated carbocycles. The van der Waals surface area contributed by atoms with Gasteiger partial charge < -0.3 is 21.8 Å². The van der Waals surface area contributed by atoms with E-state index in [0.29, 0.717) is 5.56 Å². The van der Waals surface area contributed by atoms with Crippen molar-refractivity contribution in [2.24, 2.45) is 0 Å². The molecule has 1 aliphatic rings. The van der Waals surface area contributed by atoms with Crippen LogP contribution in [0, 0.1) is 6.92 Å². The van der Waals surface area contributed by atoms with E-state index < -0.39 is 24.7 Å². The summed E-state index contributed by atoms with van der Waals surface area (Å²) < 4.78 is 17.8. The van der Waals surface area contributed by atoms with Crippen LogP contribution in [-0.2, 0) is 9.30 Å². The highest BCUT2D eigenvalue weighted by Gasteiger charge is 2.22. The highest BCUT2D eigenvalue weighted by Crippen LogP contribution is 2.36. The van der Waals surface area contributed by atoms with Crippen LogP contribution in [0.2, 0.25) is 0 Å². The number of nitrogens with one attached hydrogen (secondary N) is 1. The van der Waals surface area contributed by atoms with Crippen molar-refractivity contribution in [3.63, 3.8) is 0 Å². The molecule has 0 amide bonds. The second-order valence-corrected chi connectivity index (χ2v) is 6.66. The summed E-state index contributed by atoms with van der Waals surface area (Å²) in [6, 6.07) is 0. The Morgan fingerprint density at radius 3 is 2.85 bits per heavy atom. The number of rotatable bonds is 4. The summed E-state index contributed by atoms with van der Waals surface area (Å²) in [5.41, 5.74) is -0.608. The van der Waals surface area contributed by atoms with Crippen LogP contribution in [-0.4, -0.2) is 34.3 Å². The van der Waals surface area contributed by atoms with Gasteiger partial charge in [0.15, 0.2) is 6.23 Å². The lowest BCUT2D eigenvalue weighted by molar-refractivity contribution is 0.0141. The summed E-state index contributed by atoms with van der Waals surface area (Å²) >= 11 is 0. The minimum atomic E-state index is -3.56. The molecule has 7 nitrogen and oxygen atoms in total. The van der Waals surface area contributed by atoms with Crippen molar-refractivity contribution in [1.82, 2.24) is 9.55 Å². The number of hydrogen-bond acceptors (Lipinski definition) is 4. The van der Waals surface area contributed by atoms with E-state index in [4.69, 9.17) is 17.2 Å². The fraction of sp³-hybridized carbons (Fsp3) is 0.455. The normalized spacial score (nSPS) is 24.8. The maximum absolute atomic E-state index is 11.7. The average molecular weight is 296 g/mol. The molecule has 20 heavy (non-hydrogen) atoms. The summed E-state index contributed by atoms with van der Waals surface area (Å²) in [7, 11) is 1.49. The van der Waals surface area contributed by atoms with Gasteiger partial charge in [0.1, 0.15) is 0 Å². The third kappa shape index (κ3) is 3.59. The van der Waals surface area contributed by atoms with Crippen LogP contribution in [0.25, 0.3) is 0 Å². The van der Waals surface area contributed by atoms with Crippen LogP contribution in [0.5, 0.6) is 0 Å². The zero-order valence-corrected chi connectivity index (χ0v) is 11.7. The second kappa shape index (κ2) is 5.56. The van der Waals surface area contributed by atoms with E-state index in [1.54, 1.807) is 19.1 Å². The lowest BCUT2D eigenvalue weighted by atomic mass is 10.3. The van der Waals surface area contributed by atoms with Crippen molar-refractivity contribution in [1.29, 1.82) is 0 Å². The van der Waals surface area contributed by atoms with Gasteiger partial charge in [-0.3, -0.25) is 14.3 Å². The first-order chi connectivity index (χ1) is 9.26. The molecule has 3 atom stereocenters. The van der Waals surface area contributed by atoms with Crippen molar-refractivity contribution in [3.05, 3.63) is 44.8 Å². The third-order valence-corrected chi connectivity index (χ3v) is 3.86. The molecule has 1 aromatic rings. The molecular formula is C11H14BN2O5P-. The Kier molecular flexibility index (Phi) is 4.18. The first kappa shape index (κ1) is 15.0. The predicted octanol–water partition coefficient (Wildman–Crippen LogP) is 0.0426. The summed E-state index contributed by atoms with van der Waals surface area (Å²) in [5, 5.41) is 0. The van der Waals surface area contributed by atoms with E-state index >= 15 is 0 Å². The zero-order valence-electron chi connectivity index (χ0n) is 10.9. The zero-order chi connectivity index (χ0) is 14.9. The molecule has 1 aromatic heterocycles. The molecule has 0 bridgehead atoms. The minimum absolute atomic E-state index is 0.0612. The van der Waals surface area contributed by atoms with E-state index in [9.17, 15) is 14.2 Å². The fourth-order valence-electron chi connectivity index (χ4n) is 1.90.